The SMILES string of the molecule is Cc1cc(SCC(=O)NC2CCN(C(=O)OC(C)(C)C)CC2)c(C)cc1Br. The highest BCUT2D eigenvalue weighted by Gasteiger charge is 2.27. The van der Waals surface area contributed by atoms with E-state index in [9.17, 15) is 9.59 Å². The molecular weight excluding hydrogens is 428 g/mol. The van der Waals surface area contributed by atoms with Crippen LogP contribution in [0.3, 0.4) is 0 Å². The van der Waals surface area contributed by atoms with E-state index in [1.165, 1.54) is 0 Å². The van der Waals surface area contributed by atoms with E-state index in [-0.39, 0.29) is 18.0 Å². The van der Waals surface area contributed by atoms with Gasteiger partial charge in [0, 0.05) is 28.5 Å². The fourth-order valence-electron chi connectivity index (χ4n) is 2.86. The lowest BCUT2D eigenvalue weighted by Gasteiger charge is -2.33. The third kappa shape index (κ3) is 7.03. The summed E-state index contributed by atoms with van der Waals surface area (Å²) in [6, 6.07) is 4.31. The molecule has 27 heavy (non-hydrogen) atoms. The Morgan fingerprint density at radius 2 is 1.85 bits per heavy atom. The number of carbonyl (C=O) groups excluding carboxylic acids is 2. The largest absolute Gasteiger partial charge is 0.444 e. The third-order valence-electron chi connectivity index (χ3n) is 4.33. The van der Waals surface area contributed by atoms with Crippen molar-refractivity contribution in [2.24, 2.45) is 0 Å². The average molecular weight is 457 g/mol. The maximum atomic E-state index is 12.3. The molecule has 0 bridgehead atoms. The number of thioether (sulfide) groups is 1. The van der Waals surface area contributed by atoms with Gasteiger partial charge < -0.3 is 15.0 Å². The van der Waals surface area contributed by atoms with Gasteiger partial charge in [-0.2, -0.15) is 0 Å². The number of hydrogen-bond acceptors (Lipinski definition) is 4. The molecule has 1 fully saturated rings. The van der Waals surface area contributed by atoms with E-state index < -0.39 is 5.60 Å². The lowest BCUT2D eigenvalue weighted by molar-refractivity contribution is -0.119. The summed E-state index contributed by atoms with van der Waals surface area (Å²) < 4.78 is 6.49. The third-order valence-corrected chi connectivity index (χ3v) is 6.34. The molecule has 1 heterocycles. The first-order chi connectivity index (χ1) is 12.5. The number of ether oxygens (including phenoxy) is 1. The standard InChI is InChI=1S/C20H29BrN2O3S/c1-13-11-17(14(2)10-16(13)21)27-12-18(24)22-15-6-8-23(9-7-15)19(25)26-20(3,4)5/h10-11,15H,6-9,12H2,1-5H3,(H,22,24). The lowest BCUT2D eigenvalue weighted by Crippen LogP contribution is -2.48. The first-order valence-corrected chi connectivity index (χ1v) is 11.0. The van der Waals surface area contributed by atoms with E-state index in [1.807, 2.05) is 27.7 Å². The molecule has 5 nitrogen and oxygen atoms in total. The van der Waals surface area contributed by atoms with Crippen molar-refractivity contribution in [3.05, 3.63) is 27.7 Å². The van der Waals surface area contributed by atoms with Gasteiger partial charge in [0.25, 0.3) is 0 Å². The number of rotatable bonds is 4. The Hall–Kier alpha value is -1.21. The Morgan fingerprint density at radius 1 is 1.22 bits per heavy atom. The van der Waals surface area contributed by atoms with E-state index in [1.54, 1.807) is 16.7 Å². The van der Waals surface area contributed by atoms with Crippen LogP contribution in [0, 0.1) is 13.8 Å². The van der Waals surface area contributed by atoms with Crippen LogP contribution < -0.4 is 5.32 Å². The second-order valence-electron chi connectivity index (χ2n) is 7.96. The topological polar surface area (TPSA) is 58.6 Å². The molecule has 2 rings (SSSR count). The monoisotopic (exact) mass is 456 g/mol. The fraction of sp³-hybridized carbons (Fsp3) is 0.600. The first kappa shape index (κ1) is 22.1. The number of benzene rings is 1. The molecular formula is C20H29BrN2O3S. The Kier molecular flexibility index (Phi) is 7.63. The summed E-state index contributed by atoms with van der Waals surface area (Å²) in [6.45, 7) is 10.9. The molecule has 0 spiro atoms. The van der Waals surface area contributed by atoms with Crippen LogP contribution in [0.2, 0.25) is 0 Å². The average Bonchev–Trinajstić information content (AvgIpc) is 2.56. The van der Waals surface area contributed by atoms with Gasteiger partial charge >= 0.3 is 6.09 Å². The minimum atomic E-state index is -0.483. The maximum Gasteiger partial charge on any atom is 0.410 e. The fourth-order valence-corrected chi connectivity index (χ4v) is 4.23. The molecule has 0 atom stereocenters. The van der Waals surface area contributed by atoms with E-state index >= 15 is 0 Å². The van der Waals surface area contributed by atoms with Crippen LogP contribution in [-0.4, -0.2) is 47.4 Å². The summed E-state index contributed by atoms with van der Waals surface area (Å²) in [5.74, 6) is 0.435. The van der Waals surface area contributed by atoms with Gasteiger partial charge in [0.2, 0.25) is 5.91 Å². The number of likely N-dealkylation sites (tertiary alicyclic amines) is 1. The number of hydrogen-bond donors (Lipinski definition) is 1. The summed E-state index contributed by atoms with van der Waals surface area (Å²) in [5.41, 5.74) is 1.84. The number of nitrogens with one attached hydrogen (secondary N) is 1. The van der Waals surface area contributed by atoms with Crippen LogP contribution in [0.5, 0.6) is 0 Å². The van der Waals surface area contributed by atoms with Gasteiger partial charge in [0.1, 0.15) is 5.60 Å². The molecule has 0 aromatic heterocycles. The number of nitrogens with zero attached hydrogens (tertiary/aromatic N) is 1. The molecule has 1 aliphatic rings. The second-order valence-corrected chi connectivity index (χ2v) is 9.84. The zero-order chi connectivity index (χ0) is 20.2. The normalized spacial score (nSPS) is 15.6. The van der Waals surface area contributed by atoms with Crippen molar-refractivity contribution in [3.8, 4) is 0 Å². The van der Waals surface area contributed by atoms with E-state index in [4.69, 9.17) is 4.74 Å². The molecule has 0 unspecified atom stereocenters. The molecule has 0 radical (unpaired) electrons. The lowest BCUT2D eigenvalue weighted by atomic mass is 10.1. The molecule has 1 aliphatic heterocycles. The van der Waals surface area contributed by atoms with Crippen molar-refractivity contribution < 1.29 is 14.3 Å². The molecule has 1 aromatic carbocycles. The number of piperidine rings is 1. The molecule has 1 aromatic rings. The van der Waals surface area contributed by atoms with Crippen LogP contribution in [-0.2, 0) is 9.53 Å². The van der Waals surface area contributed by atoms with Gasteiger partial charge in [-0.05, 0) is 70.7 Å². The smallest absolute Gasteiger partial charge is 0.410 e. The van der Waals surface area contributed by atoms with Crippen molar-refractivity contribution in [1.82, 2.24) is 10.2 Å². The highest BCUT2D eigenvalue weighted by atomic mass is 79.9. The molecule has 7 heteroatoms. The van der Waals surface area contributed by atoms with Crippen molar-refractivity contribution in [2.45, 2.75) is 64.0 Å². The summed E-state index contributed by atoms with van der Waals surface area (Å²) in [4.78, 5) is 27.2. The minimum absolute atomic E-state index is 0.0377. The van der Waals surface area contributed by atoms with Crippen molar-refractivity contribution in [2.75, 3.05) is 18.8 Å². The Bertz CT molecular complexity index is 695. The zero-order valence-electron chi connectivity index (χ0n) is 16.7. The predicted molar refractivity (Wildman–Crippen MR) is 113 cm³/mol. The Labute approximate surface area is 174 Å². The molecule has 1 saturated heterocycles. The van der Waals surface area contributed by atoms with Gasteiger partial charge in [-0.25, -0.2) is 4.79 Å². The predicted octanol–water partition coefficient (Wildman–Crippen LogP) is 4.67. The van der Waals surface area contributed by atoms with Crippen molar-refractivity contribution >= 4 is 39.7 Å². The van der Waals surface area contributed by atoms with Gasteiger partial charge in [-0.1, -0.05) is 15.9 Å². The van der Waals surface area contributed by atoms with Crippen LogP contribution in [0.1, 0.15) is 44.7 Å². The second kappa shape index (κ2) is 9.32. The van der Waals surface area contributed by atoms with Crippen LogP contribution >= 0.6 is 27.7 Å². The summed E-state index contributed by atoms with van der Waals surface area (Å²) in [7, 11) is 0. The minimum Gasteiger partial charge on any atom is -0.444 e. The number of halogens is 1. The zero-order valence-corrected chi connectivity index (χ0v) is 19.1. The summed E-state index contributed by atoms with van der Waals surface area (Å²) in [5, 5.41) is 3.09. The quantitative estimate of drug-likeness (QED) is 0.668. The van der Waals surface area contributed by atoms with Crippen molar-refractivity contribution in [3.63, 3.8) is 0 Å². The number of carbonyl (C=O) groups is 2. The summed E-state index contributed by atoms with van der Waals surface area (Å²) in [6.07, 6.45) is 1.24. The molecule has 150 valence electrons. The molecule has 1 N–H and O–H groups in total. The van der Waals surface area contributed by atoms with Gasteiger partial charge in [-0.15, -0.1) is 11.8 Å². The Balaban J connectivity index is 1.76. The van der Waals surface area contributed by atoms with Gasteiger partial charge in [-0.3, -0.25) is 4.79 Å². The molecule has 0 saturated carbocycles. The molecule has 2 amide bonds. The first-order valence-electron chi connectivity index (χ1n) is 9.22. The van der Waals surface area contributed by atoms with Crippen LogP contribution in [0.25, 0.3) is 0 Å². The van der Waals surface area contributed by atoms with Crippen molar-refractivity contribution in [1.29, 1.82) is 0 Å². The highest BCUT2D eigenvalue weighted by molar-refractivity contribution is 9.10. The van der Waals surface area contributed by atoms with E-state index in [0.29, 0.717) is 18.8 Å². The van der Waals surface area contributed by atoms with E-state index in [0.717, 1.165) is 33.3 Å². The molecule has 0 aliphatic carbocycles. The highest BCUT2D eigenvalue weighted by Crippen LogP contribution is 2.28. The van der Waals surface area contributed by atoms with Crippen LogP contribution in [0.15, 0.2) is 21.5 Å². The number of amides is 2. The Morgan fingerprint density at radius 3 is 2.44 bits per heavy atom. The van der Waals surface area contributed by atoms with Gasteiger partial charge in [0.05, 0.1) is 5.75 Å². The summed E-state index contributed by atoms with van der Waals surface area (Å²) >= 11 is 5.09. The van der Waals surface area contributed by atoms with Gasteiger partial charge in [0.15, 0.2) is 0 Å². The number of aryl methyl sites for hydroxylation is 2. The maximum absolute atomic E-state index is 12.3. The van der Waals surface area contributed by atoms with E-state index in [2.05, 4.69) is 40.3 Å². The van der Waals surface area contributed by atoms with Crippen LogP contribution in [0.4, 0.5) is 4.79 Å².